The average molecular weight is 293 g/mol. The maximum Gasteiger partial charge on any atom is 0.254 e. The summed E-state index contributed by atoms with van der Waals surface area (Å²) in [6.07, 6.45) is 2.15. The van der Waals surface area contributed by atoms with Crippen LogP contribution in [0, 0.1) is 12.7 Å². The van der Waals surface area contributed by atoms with Gasteiger partial charge in [0, 0.05) is 31.7 Å². The lowest BCUT2D eigenvalue weighted by Gasteiger charge is -2.35. The minimum Gasteiger partial charge on any atom is -0.336 e. The lowest BCUT2D eigenvalue weighted by molar-refractivity contribution is 0.0634. The molecule has 1 aromatic rings. The smallest absolute Gasteiger partial charge is 0.254 e. The molecule has 1 aliphatic heterocycles. The number of aryl methyl sites for hydroxylation is 1. The van der Waals surface area contributed by atoms with Crippen LogP contribution in [0.1, 0.15) is 28.8 Å². The minimum absolute atomic E-state index is 0.0615. The van der Waals surface area contributed by atoms with Gasteiger partial charge in [0.15, 0.2) is 0 Å². The van der Waals surface area contributed by atoms with E-state index in [4.69, 9.17) is 5.73 Å². The number of carbonyl (C=O) groups is 1. The Morgan fingerprint density at radius 2 is 1.95 bits per heavy atom. The molecule has 1 aromatic carbocycles. The quantitative estimate of drug-likeness (QED) is 0.840. The van der Waals surface area contributed by atoms with Gasteiger partial charge in [-0.1, -0.05) is 6.07 Å². The van der Waals surface area contributed by atoms with Gasteiger partial charge in [0.2, 0.25) is 0 Å². The molecule has 0 atom stereocenters. The van der Waals surface area contributed by atoms with Crippen molar-refractivity contribution < 1.29 is 9.18 Å². The van der Waals surface area contributed by atoms with Crippen molar-refractivity contribution in [1.82, 2.24) is 9.80 Å². The van der Waals surface area contributed by atoms with Gasteiger partial charge in [0.25, 0.3) is 5.91 Å². The molecule has 1 fully saturated rings. The fourth-order valence-corrected chi connectivity index (χ4v) is 2.65. The van der Waals surface area contributed by atoms with E-state index < -0.39 is 0 Å². The molecule has 116 valence electrons. The number of amides is 1. The van der Waals surface area contributed by atoms with Crippen molar-refractivity contribution in [1.29, 1.82) is 0 Å². The van der Waals surface area contributed by atoms with E-state index >= 15 is 0 Å². The number of hydrogen-bond donors (Lipinski definition) is 1. The van der Waals surface area contributed by atoms with E-state index in [2.05, 4.69) is 4.90 Å². The minimum atomic E-state index is -0.357. The molecule has 1 aliphatic rings. The molecule has 4 nitrogen and oxygen atoms in total. The molecule has 0 spiro atoms. The molecule has 0 aliphatic carbocycles. The number of benzene rings is 1. The Bertz CT molecular complexity index is 484. The third kappa shape index (κ3) is 4.25. The molecule has 21 heavy (non-hydrogen) atoms. The normalized spacial score (nSPS) is 16.2. The van der Waals surface area contributed by atoms with Crippen molar-refractivity contribution in [3.63, 3.8) is 0 Å². The summed E-state index contributed by atoms with van der Waals surface area (Å²) >= 11 is 0. The van der Waals surface area contributed by atoms with Crippen LogP contribution in [0.3, 0.4) is 0 Å². The first-order valence-corrected chi connectivity index (χ1v) is 7.59. The highest BCUT2D eigenvalue weighted by Gasteiger charge is 2.23. The Kier molecular flexibility index (Phi) is 5.70. The molecule has 1 heterocycles. The van der Waals surface area contributed by atoms with E-state index in [0.29, 0.717) is 18.7 Å². The SMILES string of the molecule is Cc1ccc(F)cc1C(=O)N1CCN(CCCCN)CC1. The van der Waals surface area contributed by atoms with Crippen LogP contribution >= 0.6 is 0 Å². The van der Waals surface area contributed by atoms with Crippen molar-refractivity contribution in [3.05, 3.63) is 35.1 Å². The van der Waals surface area contributed by atoms with Crippen LogP contribution in [0.25, 0.3) is 0 Å². The highest BCUT2D eigenvalue weighted by molar-refractivity contribution is 5.95. The van der Waals surface area contributed by atoms with Crippen LogP contribution in [-0.4, -0.2) is 55.0 Å². The van der Waals surface area contributed by atoms with Crippen molar-refractivity contribution in [3.8, 4) is 0 Å². The number of nitrogens with zero attached hydrogens (tertiary/aromatic N) is 2. The molecule has 0 bridgehead atoms. The number of piperazine rings is 1. The summed E-state index contributed by atoms with van der Waals surface area (Å²) < 4.78 is 13.3. The predicted molar refractivity (Wildman–Crippen MR) is 81.8 cm³/mol. The van der Waals surface area contributed by atoms with Crippen LogP contribution in [0.4, 0.5) is 4.39 Å². The summed E-state index contributed by atoms with van der Waals surface area (Å²) in [7, 11) is 0. The van der Waals surface area contributed by atoms with E-state index in [1.165, 1.54) is 12.1 Å². The van der Waals surface area contributed by atoms with Crippen LogP contribution in [0.2, 0.25) is 0 Å². The maximum absolute atomic E-state index is 13.3. The molecule has 1 amide bonds. The fourth-order valence-electron chi connectivity index (χ4n) is 2.65. The zero-order chi connectivity index (χ0) is 15.2. The highest BCUT2D eigenvalue weighted by Crippen LogP contribution is 2.15. The first-order chi connectivity index (χ1) is 10.1. The standard InChI is InChI=1S/C16H24FN3O/c1-13-4-5-14(17)12-15(13)16(21)20-10-8-19(9-11-20)7-3-2-6-18/h4-5,12H,2-3,6-11,18H2,1H3. The topological polar surface area (TPSA) is 49.6 Å². The number of rotatable bonds is 5. The first kappa shape index (κ1) is 15.9. The van der Waals surface area contributed by atoms with Gasteiger partial charge in [0.1, 0.15) is 5.82 Å². The Morgan fingerprint density at radius 3 is 2.62 bits per heavy atom. The Hall–Kier alpha value is -1.46. The van der Waals surface area contributed by atoms with Gasteiger partial charge in [-0.3, -0.25) is 9.69 Å². The monoisotopic (exact) mass is 293 g/mol. The van der Waals surface area contributed by atoms with Gasteiger partial charge in [-0.2, -0.15) is 0 Å². The lowest BCUT2D eigenvalue weighted by atomic mass is 10.1. The second-order valence-corrected chi connectivity index (χ2v) is 5.59. The van der Waals surface area contributed by atoms with Crippen molar-refractivity contribution >= 4 is 5.91 Å². The maximum atomic E-state index is 13.3. The van der Waals surface area contributed by atoms with E-state index in [9.17, 15) is 9.18 Å². The summed E-state index contributed by atoms with van der Waals surface area (Å²) in [5.41, 5.74) is 6.80. The summed E-state index contributed by atoms with van der Waals surface area (Å²) in [5, 5.41) is 0. The van der Waals surface area contributed by atoms with Crippen LogP contribution < -0.4 is 5.73 Å². The average Bonchev–Trinajstić information content (AvgIpc) is 2.50. The van der Waals surface area contributed by atoms with E-state index in [0.717, 1.165) is 44.6 Å². The van der Waals surface area contributed by atoms with Crippen LogP contribution in [0.15, 0.2) is 18.2 Å². The molecule has 5 heteroatoms. The summed E-state index contributed by atoms with van der Waals surface area (Å²) in [6.45, 7) is 6.79. The summed E-state index contributed by atoms with van der Waals surface area (Å²) in [6, 6.07) is 4.39. The third-order valence-corrected chi connectivity index (χ3v) is 4.02. The van der Waals surface area contributed by atoms with Gasteiger partial charge in [-0.25, -0.2) is 4.39 Å². The number of carbonyl (C=O) groups excluding carboxylic acids is 1. The Labute approximate surface area is 125 Å². The van der Waals surface area contributed by atoms with Crippen molar-refractivity contribution in [2.45, 2.75) is 19.8 Å². The number of hydrogen-bond acceptors (Lipinski definition) is 3. The molecular weight excluding hydrogens is 269 g/mol. The molecule has 0 unspecified atom stereocenters. The second-order valence-electron chi connectivity index (χ2n) is 5.59. The van der Waals surface area contributed by atoms with Crippen LogP contribution in [0.5, 0.6) is 0 Å². The van der Waals surface area contributed by atoms with E-state index in [-0.39, 0.29) is 11.7 Å². The lowest BCUT2D eigenvalue weighted by Crippen LogP contribution is -2.49. The predicted octanol–water partition coefficient (Wildman–Crippen LogP) is 1.63. The molecule has 1 saturated heterocycles. The summed E-state index contributed by atoms with van der Waals surface area (Å²) in [5.74, 6) is -0.419. The van der Waals surface area contributed by atoms with Gasteiger partial charge in [0.05, 0.1) is 0 Å². The van der Waals surface area contributed by atoms with Gasteiger partial charge < -0.3 is 10.6 Å². The molecular formula is C16H24FN3O. The molecule has 2 N–H and O–H groups in total. The van der Waals surface area contributed by atoms with Gasteiger partial charge in [-0.05, 0) is 50.6 Å². The van der Waals surface area contributed by atoms with Crippen LogP contribution in [-0.2, 0) is 0 Å². The van der Waals surface area contributed by atoms with E-state index in [1.54, 1.807) is 6.07 Å². The van der Waals surface area contributed by atoms with Gasteiger partial charge in [-0.15, -0.1) is 0 Å². The van der Waals surface area contributed by atoms with Crippen molar-refractivity contribution in [2.24, 2.45) is 5.73 Å². The van der Waals surface area contributed by atoms with Gasteiger partial charge >= 0.3 is 0 Å². The second kappa shape index (κ2) is 7.52. The molecule has 2 rings (SSSR count). The number of unbranched alkanes of at least 4 members (excludes halogenated alkanes) is 1. The largest absolute Gasteiger partial charge is 0.336 e. The van der Waals surface area contributed by atoms with E-state index in [1.807, 2.05) is 11.8 Å². The highest BCUT2D eigenvalue weighted by atomic mass is 19.1. The molecule has 0 saturated carbocycles. The molecule has 0 aromatic heterocycles. The summed E-state index contributed by atoms with van der Waals surface area (Å²) in [4.78, 5) is 16.6. The Balaban J connectivity index is 1.89. The first-order valence-electron chi connectivity index (χ1n) is 7.59. The van der Waals surface area contributed by atoms with Crippen molar-refractivity contribution in [2.75, 3.05) is 39.3 Å². The Morgan fingerprint density at radius 1 is 1.24 bits per heavy atom. The number of nitrogens with two attached hydrogens (primary N) is 1. The zero-order valence-corrected chi connectivity index (χ0v) is 12.6. The fraction of sp³-hybridized carbons (Fsp3) is 0.562. The number of halogens is 1. The zero-order valence-electron chi connectivity index (χ0n) is 12.6. The third-order valence-electron chi connectivity index (χ3n) is 4.02. The molecule has 0 radical (unpaired) electrons.